The molecule has 2 bridgehead atoms. The molecule has 0 aromatic rings. The van der Waals surface area contributed by atoms with E-state index >= 15 is 0 Å². The molecule has 3 atom stereocenters. The van der Waals surface area contributed by atoms with E-state index < -0.39 is 0 Å². The third-order valence-corrected chi connectivity index (χ3v) is 5.49. The summed E-state index contributed by atoms with van der Waals surface area (Å²) in [5.74, 6) is 1.89. The van der Waals surface area contributed by atoms with Gasteiger partial charge in [-0.1, -0.05) is 33.1 Å². The minimum atomic E-state index is 0.382. The molecule has 18 heavy (non-hydrogen) atoms. The van der Waals surface area contributed by atoms with Gasteiger partial charge in [0.05, 0.1) is 0 Å². The Hall–Kier alpha value is -0.0800. The summed E-state index contributed by atoms with van der Waals surface area (Å²) >= 11 is 0. The number of hydrogen-bond donors (Lipinski definition) is 1. The molecule has 0 aliphatic heterocycles. The van der Waals surface area contributed by atoms with E-state index in [1.165, 1.54) is 64.5 Å². The Balaban J connectivity index is 2.05. The molecule has 2 heteroatoms. The quantitative estimate of drug-likeness (QED) is 0.717. The molecule has 2 fully saturated rings. The smallest absolute Gasteiger partial charge is 0.0362 e. The van der Waals surface area contributed by atoms with Crippen LogP contribution in [0.3, 0.4) is 0 Å². The Morgan fingerprint density at radius 2 is 1.78 bits per heavy atom. The fourth-order valence-corrected chi connectivity index (χ4v) is 4.44. The molecular weight excluding hydrogens is 220 g/mol. The third-order valence-electron chi connectivity index (χ3n) is 5.49. The summed E-state index contributed by atoms with van der Waals surface area (Å²) in [4.78, 5) is 2.80. The number of nitrogens with two attached hydrogens (primary N) is 1. The van der Waals surface area contributed by atoms with Crippen molar-refractivity contribution < 1.29 is 0 Å². The summed E-state index contributed by atoms with van der Waals surface area (Å²) in [5.41, 5.74) is 6.64. The summed E-state index contributed by atoms with van der Waals surface area (Å²) < 4.78 is 0. The minimum absolute atomic E-state index is 0.382. The molecule has 2 aliphatic carbocycles. The van der Waals surface area contributed by atoms with E-state index in [0.29, 0.717) is 5.54 Å². The molecule has 0 spiro atoms. The van der Waals surface area contributed by atoms with Gasteiger partial charge in [0.15, 0.2) is 0 Å². The van der Waals surface area contributed by atoms with Crippen molar-refractivity contribution in [2.45, 2.75) is 70.8 Å². The van der Waals surface area contributed by atoms with Gasteiger partial charge in [0.1, 0.15) is 0 Å². The van der Waals surface area contributed by atoms with Crippen molar-refractivity contribution in [3.05, 3.63) is 0 Å². The van der Waals surface area contributed by atoms with Crippen LogP contribution in [0.25, 0.3) is 0 Å². The molecule has 0 heterocycles. The Morgan fingerprint density at radius 1 is 1.11 bits per heavy atom. The van der Waals surface area contributed by atoms with E-state index in [2.05, 4.69) is 18.7 Å². The van der Waals surface area contributed by atoms with Gasteiger partial charge >= 0.3 is 0 Å². The van der Waals surface area contributed by atoms with Crippen molar-refractivity contribution in [2.75, 3.05) is 19.6 Å². The van der Waals surface area contributed by atoms with E-state index in [9.17, 15) is 0 Å². The fourth-order valence-electron chi connectivity index (χ4n) is 4.44. The summed E-state index contributed by atoms with van der Waals surface area (Å²) in [6, 6.07) is 0. The second-order valence-electron chi connectivity index (χ2n) is 6.58. The Morgan fingerprint density at radius 3 is 2.17 bits per heavy atom. The van der Waals surface area contributed by atoms with Crippen LogP contribution in [0.5, 0.6) is 0 Å². The van der Waals surface area contributed by atoms with E-state index in [-0.39, 0.29) is 0 Å². The average Bonchev–Trinajstić information content (AvgIpc) is 2.99. The van der Waals surface area contributed by atoms with E-state index in [0.717, 1.165) is 18.4 Å². The minimum Gasteiger partial charge on any atom is -0.329 e. The lowest BCUT2D eigenvalue weighted by atomic mass is 9.79. The summed E-state index contributed by atoms with van der Waals surface area (Å²) in [7, 11) is 0. The number of unbranched alkanes of at least 4 members (excludes halogenated alkanes) is 2. The van der Waals surface area contributed by atoms with Gasteiger partial charge in [-0.3, -0.25) is 4.90 Å². The molecule has 0 amide bonds. The Labute approximate surface area is 113 Å². The highest BCUT2D eigenvalue weighted by Gasteiger charge is 2.52. The molecule has 2 saturated carbocycles. The van der Waals surface area contributed by atoms with Crippen molar-refractivity contribution >= 4 is 0 Å². The lowest BCUT2D eigenvalue weighted by Gasteiger charge is -2.47. The highest BCUT2D eigenvalue weighted by atomic mass is 15.2. The molecular formula is C16H32N2. The molecule has 0 radical (unpaired) electrons. The zero-order valence-corrected chi connectivity index (χ0v) is 12.5. The molecule has 2 aliphatic rings. The first kappa shape index (κ1) is 14.3. The van der Waals surface area contributed by atoms with Crippen molar-refractivity contribution in [3.63, 3.8) is 0 Å². The van der Waals surface area contributed by atoms with Gasteiger partial charge in [-0.05, 0) is 57.0 Å². The van der Waals surface area contributed by atoms with Gasteiger partial charge in [-0.25, -0.2) is 0 Å². The zero-order chi connectivity index (χ0) is 13.0. The predicted octanol–water partition coefficient (Wildman–Crippen LogP) is 3.41. The second-order valence-corrected chi connectivity index (χ2v) is 6.58. The van der Waals surface area contributed by atoms with Crippen molar-refractivity contribution in [1.82, 2.24) is 4.90 Å². The van der Waals surface area contributed by atoms with Crippen LogP contribution in [0, 0.1) is 11.8 Å². The monoisotopic (exact) mass is 252 g/mol. The standard InChI is InChI=1S/C16H32N2/c1-3-5-9-18(10-6-4-2)16(13-17)12-14-7-8-15(16)11-14/h14-15H,3-13,17H2,1-2H3. The molecule has 2 rings (SSSR count). The van der Waals surface area contributed by atoms with Gasteiger partial charge in [-0.15, -0.1) is 0 Å². The Bertz CT molecular complexity index is 245. The van der Waals surface area contributed by atoms with Crippen LogP contribution in [0.2, 0.25) is 0 Å². The largest absolute Gasteiger partial charge is 0.329 e. The molecule has 0 saturated heterocycles. The SMILES string of the molecule is CCCCN(CCCC)C1(CN)CC2CCC1C2. The van der Waals surface area contributed by atoms with Crippen LogP contribution < -0.4 is 5.73 Å². The fraction of sp³-hybridized carbons (Fsp3) is 1.00. The maximum atomic E-state index is 6.26. The van der Waals surface area contributed by atoms with Crippen LogP contribution in [0.15, 0.2) is 0 Å². The predicted molar refractivity (Wildman–Crippen MR) is 78.6 cm³/mol. The van der Waals surface area contributed by atoms with Gasteiger partial charge in [-0.2, -0.15) is 0 Å². The first-order valence-corrected chi connectivity index (χ1v) is 8.22. The first-order valence-electron chi connectivity index (χ1n) is 8.22. The van der Waals surface area contributed by atoms with Crippen molar-refractivity contribution in [1.29, 1.82) is 0 Å². The molecule has 2 nitrogen and oxygen atoms in total. The summed E-state index contributed by atoms with van der Waals surface area (Å²) in [5, 5.41) is 0. The summed E-state index contributed by atoms with van der Waals surface area (Å²) in [6.07, 6.45) is 11.0. The topological polar surface area (TPSA) is 29.3 Å². The van der Waals surface area contributed by atoms with Crippen LogP contribution in [-0.2, 0) is 0 Å². The van der Waals surface area contributed by atoms with Gasteiger partial charge in [0, 0.05) is 12.1 Å². The Kier molecular flexibility index (Phi) is 5.08. The molecule has 3 unspecified atom stereocenters. The molecule has 2 N–H and O–H groups in total. The van der Waals surface area contributed by atoms with Crippen molar-refractivity contribution in [2.24, 2.45) is 17.6 Å². The van der Waals surface area contributed by atoms with Gasteiger partial charge in [0.2, 0.25) is 0 Å². The number of nitrogens with zero attached hydrogens (tertiary/aromatic N) is 1. The molecule has 0 aromatic carbocycles. The van der Waals surface area contributed by atoms with Crippen LogP contribution in [0.1, 0.15) is 65.2 Å². The highest BCUT2D eigenvalue weighted by molar-refractivity contribution is 5.08. The van der Waals surface area contributed by atoms with Crippen LogP contribution in [-0.4, -0.2) is 30.1 Å². The normalized spacial score (nSPS) is 34.7. The van der Waals surface area contributed by atoms with Gasteiger partial charge in [0.25, 0.3) is 0 Å². The number of fused-ring (bicyclic) bond motifs is 2. The van der Waals surface area contributed by atoms with E-state index in [1.54, 1.807) is 0 Å². The number of rotatable bonds is 8. The lowest BCUT2D eigenvalue weighted by Crippen LogP contribution is -2.57. The van der Waals surface area contributed by atoms with Crippen LogP contribution in [0.4, 0.5) is 0 Å². The highest BCUT2D eigenvalue weighted by Crippen LogP contribution is 2.53. The first-order chi connectivity index (χ1) is 8.76. The maximum Gasteiger partial charge on any atom is 0.0362 e. The van der Waals surface area contributed by atoms with E-state index in [4.69, 9.17) is 5.73 Å². The van der Waals surface area contributed by atoms with Crippen molar-refractivity contribution in [3.8, 4) is 0 Å². The molecule has 0 aromatic heterocycles. The zero-order valence-electron chi connectivity index (χ0n) is 12.5. The van der Waals surface area contributed by atoms with E-state index in [1.807, 2.05) is 0 Å². The van der Waals surface area contributed by atoms with Crippen LogP contribution >= 0.6 is 0 Å². The molecule has 106 valence electrons. The number of hydrogen-bond acceptors (Lipinski definition) is 2. The lowest BCUT2D eigenvalue weighted by molar-refractivity contribution is 0.0389. The maximum absolute atomic E-state index is 6.26. The second kappa shape index (κ2) is 6.38. The summed E-state index contributed by atoms with van der Waals surface area (Å²) in [6.45, 7) is 8.04. The average molecular weight is 252 g/mol. The third kappa shape index (κ3) is 2.60. The van der Waals surface area contributed by atoms with Gasteiger partial charge < -0.3 is 5.73 Å².